The van der Waals surface area contributed by atoms with E-state index in [1.165, 1.54) is 25.7 Å². The van der Waals surface area contributed by atoms with Gasteiger partial charge in [-0.25, -0.2) is 0 Å². The fraction of sp³-hybridized carbons (Fsp3) is 0.923. The van der Waals surface area contributed by atoms with E-state index < -0.39 is 0 Å². The van der Waals surface area contributed by atoms with E-state index in [0.717, 1.165) is 31.0 Å². The average Bonchev–Trinajstić information content (AvgIpc) is 2.54. The number of nitrogens with zero attached hydrogens (tertiary/aromatic N) is 2. The van der Waals surface area contributed by atoms with Crippen LogP contribution in [-0.2, 0) is 0 Å². The molecule has 0 radical (unpaired) electrons. The zero-order chi connectivity index (χ0) is 11.7. The fourth-order valence-electron chi connectivity index (χ4n) is 3.46. The second-order valence-corrected chi connectivity index (χ2v) is 5.28. The Morgan fingerprint density at radius 1 is 1.19 bits per heavy atom. The second kappa shape index (κ2) is 4.74. The van der Waals surface area contributed by atoms with E-state index in [9.17, 15) is 0 Å². The summed E-state index contributed by atoms with van der Waals surface area (Å²) < 4.78 is 0. The summed E-state index contributed by atoms with van der Waals surface area (Å²) in [6.07, 6.45) is 5.12. The zero-order valence-corrected chi connectivity index (χ0v) is 10.9. The molecule has 2 rings (SSSR count). The van der Waals surface area contributed by atoms with E-state index in [0.29, 0.717) is 5.92 Å². The van der Waals surface area contributed by atoms with Crippen LogP contribution in [0.15, 0.2) is 0 Å². The summed E-state index contributed by atoms with van der Waals surface area (Å²) in [7, 11) is 2.26. The molecule has 2 aliphatic heterocycles. The molecular weight excluding hydrogens is 198 g/mol. The Labute approximate surface area is 99.3 Å². The molecule has 0 aliphatic carbocycles. The van der Waals surface area contributed by atoms with Gasteiger partial charge in [0, 0.05) is 31.1 Å². The van der Waals surface area contributed by atoms with Crippen LogP contribution < -0.4 is 0 Å². The lowest BCUT2D eigenvalue weighted by Crippen LogP contribution is -2.45. The van der Waals surface area contributed by atoms with Crippen molar-refractivity contribution < 1.29 is 0 Å². The van der Waals surface area contributed by atoms with Crippen molar-refractivity contribution in [1.29, 1.82) is 5.41 Å². The minimum Gasteiger partial charge on any atom is -0.361 e. The predicted octanol–water partition coefficient (Wildman–Crippen LogP) is 2.18. The molecule has 2 fully saturated rings. The van der Waals surface area contributed by atoms with E-state index in [1.54, 1.807) is 0 Å². The van der Waals surface area contributed by atoms with Gasteiger partial charge < -0.3 is 9.80 Å². The summed E-state index contributed by atoms with van der Waals surface area (Å²) in [5.41, 5.74) is 0. The van der Waals surface area contributed by atoms with Crippen molar-refractivity contribution in [1.82, 2.24) is 9.80 Å². The van der Waals surface area contributed by atoms with E-state index in [2.05, 4.69) is 30.7 Å². The highest BCUT2D eigenvalue weighted by molar-refractivity contribution is 5.81. The smallest absolute Gasteiger partial charge is 0.0990 e. The Balaban J connectivity index is 1.99. The van der Waals surface area contributed by atoms with Gasteiger partial charge in [-0.15, -0.1) is 0 Å². The molecule has 0 aromatic carbocycles. The van der Waals surface area contributed by atoms with Gasteiger partial charge in [-0.1, -0.05) is 0 Å². The molecule has 2 bridgehead atoms. The number of fused-ring (bicyclic) bond motifs is 2. The van der Waals surface area contributed by atoms with Crippen LogP contribution in [0.3, 0.4) is 0 Å². The molecule has 16 heavy (non-hydrogen) atoms. The molecular formula is C13H25N3. The minimum absolute atomic E-state index is 0.522. The van der Waals surface area contributed by atoms with Gasteiger partial charge in [-0.3, -0.25) is 5.41 Å². The third-order valence-electron chi connectivity index (χ3n) is 4.59. The molecule has 3 nitrogen and oxygen atoms in total. The highest BCUT2D eigenvalue weighted by Crippen LogP contribution is 2.38. The lowest BCUT2D eigenvalue weighted by atomic mass is 9.89. The Morgan fingerprint density at radius 2 is 1.69 bits per heavy atom. The number of amidine groups is 1. The van der Waals surface area contributed by atoms with Gasteiger partial charge in [0.15, 0.2) is 0 Å². The van der Waals surface area contributed by atoms with Gasteiger partial charge >= 0.3 is 0 Å². The molecule has 2 heterocycles. The van der Waals surface area contributed by atoms with Crippen molar-refractivity contribution >= 4 is 5.84 Å². The molecule has 1 N–H and O–H groups in total. The van der Waals surface area contributed by atoms with Crippen LogP contribution in [0, 0.1) is 11.3 Å². The van der Waals surface area contributed by atoms with E-state index in [-0.39, 0.29) is 0 Å². The molecule has 0 aromatic heterocycles. The first-order valence-electron chi connectivity index (χ1n) is 6.72. The number of piperidine rings is 1. The lowest BCUT2D eigenvalue weighted by molar-refractivity contribution is 0.152. The highest BCUT2D eigenvalue weighted by atomic mass is 15.2. The number of rotatable bonds is 3. The van der Waals surface area contributed by atoms with E-state index in [4.69, 9.17) is 5.41 Å². The maximum atomic E-state index is 8.32. The van der Waals surface area contributed by atoms with Crippen molar-refractivity contribution in [3.8, 4) is 0 Å². The van der Waals surface area contributed by atoms with E-state index in [1.807, 2.05) is 0 Å². The molecule has 2 unspecified atom stereocenters. The quantitative estimate of drug-likeness (QED) is 0.587. The van der Waals surface area contributed by atoms with Gasteiger partial charge in [0.2, 0.25) is 0 Å². The monoisotopic (exact) mass is 223 g/mol. The Bertz CT molecular complexity index is 246. The second-order valence-electron chi connectivity index (χ2n) is 5.28. The molecule has 0 spiro atoms. The third-order valence-corrected chi connectivity index (χ3v) is 4.59. The molecule has 2 aliphatic rings. The van der Waals surface area contributed by atoms with Crippen molar-refractivity contribution in [3.05, 3.63) is 0 Å². The van der Waals surface area contributed by atoms with Gasteiger partial charge in [0.05, 0.1) is 5.84 Å². The SMILES string of the molecule is CCN(CC)C(=N)C1CC2CCC(C1)N2C. The molecule has 0 aromatic rings. The van der Waals surface area contributed by atoms with Crippen molar-refractivity contribution in [2.24, 2.45) is 5.92 Å². The van der Waals surface area contributed by atoms with Gasteiger partial charge in [0.25, 0.3) is 0 Å². The summed E-state index contributed by atoms with van der Waals surface area (Å²) in [6.45, 7) is 6.28. The summed E-state index contributed by atoms with van der Waals surface area (Å²) in [6, 6.07) is 1.50. The third kappa shape index (κ3) is 1.97. The first-order chi connectivity index (χ1) is 7.67. The topological polar surface area (TPSA) is 30.3 Å². The molecule has 2 saturated heterocycles. The van der Waals surface area contributed by atoms with Crippen LogP contribution in [0.1, 0.15) is 39.5 Å². The summed E-state index contributed by atoms with van der Waals surface area (Å²) >= 11 is 0. The summed E-state index contributed by atoms with van der Waals surface area (Å²) in [5.74, 6) is 1.42. The largest absolute Gasteiger partial charge is 0.361 e. The number of hydrogen-bond donors (Lipinski definition) is 1. The van der Waals surface area contributed by atoms with E-state index >= 15 is 0 Å². The first kappa shape index (κ1) is 11.9. The van der Waals surface area contributed by atoms with Crippen LogP contribution in [0.2, 0.25) is 0 Å². The van der Waals surface area contributed by atoms with Crippen LogP contribution in [-0.4, -0.2) is 47.9 Å². The molecule has 0 saturated carbocycles. The fourth-order valence-corrected chi connectivity index (χ4v) is 3.46. The number of hydrogen-bond acceptors (Lipinski definition) is 2. The normalized spacial score (nSPS) is 34.1. The Hall–Kier alpha value is -0.570. The van der Waals surface area contributed by atoms with Crippen molar-refractivity contribution in [2.75, 3.05) is 20.1 Å². The minimum atomic E-state index is 0.522. The average molecular weight is 223 g/mol. The zero-order valence-electron chi connectivity index (χ0n) is 10.9. The van der Waals surface area contributed by atoms with Crippen molar-refractivity contribution in [3.63, 3.8) is 0 Å². The Morgan fingerprint density at radius 3 is 2.12 bits per heavy atom. The Kier molecular flexibility index (Phi) is 3.53. The van der Waals surface area contributed by atoms with Gasteiger partial charge in [0.1, 0.15) is 0 Å². The predicted molar refractivity (Wildman–Crippen MR) is 67.9 cm³/mol. The molecule has 3 heteroatoms. The molecule has 2 atom stereocenters. The summed E-state index contributed by atoms with van der Waals surface area (Å²) in [4.78, 5) is 4.77. The van der Waals surface area contributed by atoms with Gasteiger partial charge in [-0.05, 0) is 46.6 Å². The van der Waals surface area contributed by atoms with Crippen LogP contribution in [0.5, 0.6) is 0 Å². The van der Waals surface area contributed by atoms with Crippen LogP contribution in [0.4, 0.5) is 0 Å². The van der Waals surface area contributed by atoms with Crippen LogP contribution in [0.25, 0.3) is 0 Å². The summed E-state index contributed by atoms with van der Waals surface area (Å²) in [5, 5.41) is 8.32. The van der Waals surface area contributed by atoms with Gasteiger partial charge in [-0.2, -0.15) is 0 Å². The number of nitrogens with one attached hydrogen (secondary N) is 1. The maximum absolute atomic E-state index is 8.32. The highest BCUT2D eigenvalue weighted by Gasteiger charge is 2.40. The molecule has 92 valence electrons. The first-order valence-corrected chi connectivity index (χ1v) is 6.72. The molecule has 0 amide bonds. The standard InChI is InChI=1S/C13H25N3/c1-4-16(5-2)13(14)10-8-11-6-7-12(9-10)15(11)3/h10-12,14H,4-9H2,1-3H3. The van der Waals surface area contributed by atoms with Crippen molar-refractivity contribution in [2.45, 2.75) is 51.6 Å². The lowest BCUT2D eigenvalue weighted by Gasteiger charge is -2.38. The van der Waals surface area contributed by atoms with Crippen LogP contribution >= 0.6 is 0 Å². The maximum Gasteiger partial charge on any atom is 0.0990 e.